The number of anilines is 1. The van der Waals surface area contributed by atoms with Crippen molar-refractivity contribution in [2.75, 3.05) is 24.6 Å². The maximum absolute atomic E-state index is 12.2. The third kappa shape index (κ3) is 3.56. The second-order valence-electron chi connectivity index (χ2n) is 7.13. The molecule has 0 saturated carbocycles. The van der Waals surface area contributed by atoms with Crippen LogP contribution in [0, 0.1) is 6.92 Å². The summed E-state index contributed by atoms with van der Waals surface area (Å²) in [5.74, 6) is 1.79. The topological polar surface area (TPSA) is 72.6 Å². The number of piperidine rings is 1. The molecule has 7 heteroatoms. The second kappa shape index (κ2) is 7.96. The third-order valence-electron chi connectivity index (χ3n) is 5.40. The highest BCUT2D eigenvalue weighted by Gasteiger charge is 2.27. The minimum absolute atomic E-state index is 0.191. The molecule has 28 heavy (non-hydrogen) atoms. The number of benzene rings is 1. The average Bonchev–Trinajstić information content (AvgIpc) is 3.17. The molecule has 0 amide bonds. The number of aryl methyl sites for hydroxylation is 1. The molecule has 0 atom stereocenters. The van der Waals surface area contributed by atoms with Crippen molar-refractivity contribution in [1.82, 2.24) is 19.6 Å². The average molecular weight is 379 g/mol. The zero-order valence-corrected chi connectivity index (χ0v) is 16.3. The maximum Gasteiger partial charge on any atom is 0.310 e. The summed E-state index contributed by atoms with van der Waals surface area (Å²) in [5.41, 5.74) is 3.06. The molecule has 1 aliphatic rings. The van der Waals surface area contributed by atoms with Crippen LogP contribution in [0.1, 0.15) is 42.5 Å². The number of nitrogens with zero attached hydrogens (tertiary/aromatic N) is 5. The van der Waals surface area contributed by atoms with Gasteiger partial charge in [-0.2, -0.15) is 14.6 Å². The molecule has 7 nitrogen and oxygen atoms in total. The number of carbonyl (C=O) groups excluding carboxylic acids is 1. The van der Waals surface area contributed by atoms with E-state index in [1.54, 1.807) is 4.52 Å². The number of fused-ring (bicyclic) bond motifs is 1. The van der Waals surface area contributed by atoms with Crippen molar-refractivity contribution in [3.05, 3.63) is 53.5 Å². The van der Waals surface area contributed by atoms with E-state index in [0.717, 1.165) is 43.0 Å². The molecule has 4 rings (SSSR count). The normalized spacial score (nSPS) is 15.1. The second-order valence-corrected chi connectivity index (χ2v) is 7.13. The number of rotatable bonds is 5. The Hall–Kier alpha value is -2.96. The van der Waals surface area contributed by atoms with Gasteiger partial charge in [0.05, 0.1) is 13.0 Å². The van der Waals surface area contributed by atoms with Gasteiger partial charge in [-0.05, 0) is 38.2 Å². The van der Waals surface area contributed by atoms with E-state index in [-0.39, 0.29) is 12.4 Å². The molecule has 146 valence electrons. The van der Waals surface area contributed by atoms with Crippen LogP contribution >= 0.6 is 0 Å². The molecule has 0 N–H and O–H groups in total. The molecule has 3 heterocycles. The summed E-state index contributed by atoms with van der Waals surface area (Å²) >= 11 is 0. The molecule has 1 aromatic carbocycles. The lowest BCUT2D eigenvalue weighted by atomic mass is 9.89. The van der Waals surface area contributed by atoms with Crippen molar-refractivity contribution in [1.29, 1.82) is 0 Å². The van der Waals surface area contributed by atoms with Crippen LogP contribution < -0.4 is 4.90 Å². The van der Waals surface area contributed by atoms with Gasteiger partial charge in [-0.3, -0.25) is 4.79 Å². The van der Waals surface area contributed by atoms with Crippen LogP contribution in [-0.2, 0) is 16.0 Å². The minimum atomic E-state index is -0.243. The van der Waals surface area contributed by atoms with Gasteiger partial charge in [0.2, 0.25) is 0 Å². The zero-order chi connectivity index (χ0) is 19.5. The summed E-state index contributed by atoms with van der Waals surface area (Å²) in [6, 6.07) is 10.7. The fourth-order valence-electron chi connectivity index (χ4n) is 4.01. The molecule has 0 radical (unpaired) electrons. The minimum Gasteiger partial charge on any atom is -0.466 e. The van der Waals surface area contributed by atoms with Crippen LogP contribution in [0.2, 0.25) is 0 Å². The molecular weight excluding hydrogens is 354 g/mol. The van der Waals surface area contributed by atoms with Crippen molar-refractivity contribution in [2.24, 2.45) is 0 Å². The molecule has 0 spiro atoms. The lowest BCUT2D eigenvalue weighted by molar-refractivity contribution is -0.142. The fraction of sp³-hybridized carbons (Fsp3) is 0.429. The van der Waals surface area contributed by atoms with E-state index < -0.39 is 0 Å². The monoisotopic (exact) mass is 379 g/mol. The van der Waals surface area contributed by atoms with Gasteiger partial charge in [0.15, 0.2) is 0 Å². The molecule has 0 aliphatic carbocycles. The summed E-state index contributed by atoms with van der Waals surface area (Å²) in [5, 5.41) is 4.38. The first-order valence-electron chi connectivity index (χ1n) is 9.82. The standard InChI is InChI=1S/C21H25N5O2/c1-3-28-19(27)13-18-15(2)24-21-22-14-23-26(21)20(18)25-11-9-17(10-12-25)16-7-5-4-6-8-16/h4-8,14,17H,3,9-13H2,1-2H3. The molecule has 1 saturated heterocycles. The zero-order valence-electron chi connectivity index (χ0n) is 16.3. The van der Waals surface area contributed by atoms with Crippen LogP contribution in [0.15, 0.2) is 36.7 Å². The molecular formula is C21H25N5O2. The number of hydrogen-bond donors (Lipinski definition) is 0. The van der Waals surface area contributed by atoms with E-state index in [9.17, 15) is 4.79 Å². The van der Waals surface area contributed by atoms with E-state index in [1.807, 2.05) is 13.8 Å². The number of ether oxygens (including phenoxy) is 1. The van der Waals surface area contributed by atoms with Gasteiger partial charge in [0, 0.05) is 24.3 Å². The summed E-state index contributed by atoms with van der Waals surface area (Å²) in [6.45, 7) is 5.90. The highest BCUT2D eigenvalue weighted by atomic mass is 16.5. The third-order valence-corrected chi connectivity index (χ3v) is 5.40. The molecule has 3 aromatic rings. The Kier molecular flexibility index (Phi) is 5.23. The Morgan fingerprint density at radius 2 is 1.96 bits per heavy atom. The highest BCUT2D eigenvalue weighted by Crippen LogP contribution is 2.32. The molecule has 1 aliphatic heterocycles. The van der Waals surface area contributed by atoms with Gasteiger partial charge in [-0.1, -0.05) is 30.3 Å². The lowest BCUT2D eigenvalue weighted by Crippen LogP contribution is -2.35. The largest absolute Gasteiger partial charge is 0.466 e. The summed E-state index contributed by atoms with van der Waals surface area (Å²) in [7, 11) is 0. The quantitative estimate of drug-likeness (QED) is 0.635. The molecule has 0 bridgehead atoms. The van der Waals surface area contributed by atoms with Gasteiger partial charge in [-0.25, -0.2) is 4.98 Å². The fourth-order valence-corrected chi connectivity index (χ4v) is 4.01. The predicted octanol–water partition coefficient (Wildman–Crippen LogP) is 2.92. The summed E-state index contributed by atoms with van der Waals surface area (Å²) in [6.07, 6.45) is 3.81. The van der Waals surface area contributed by atoms with Crippen LogP contribution in [0.4, 0.5) is 5.82 Å². The van der Waals surface area contributed by atoms with E-state index in [0.29, 0.717) is 18.3 Å². The van der Waals surface area contributed by atoms with Crippen molar-refractivity contribution in [3.63, 3.8) is 0 Å². The van der Waals surface area contributed by atoms with Gasteiger partial charge >= 0.3 is 5.97 Å². The van der Waals surface area contributed by atoms with E-state index in [1.165, 1.54) is 11.9 Å². The first-order valence-corrected chi connectivity index (χ1v) is 9.82. The Balaban J connectivity index is 1.64. The van der Waals surface area contributed by atoms with Crippen molar-refractivity contribution >= 4 is 17.6 Å². The molecule has 1 fully saturated rings. The predicted molar refractivity (Wildman–Crippen MR) is 106 cm³/mol. The first-order chi connectivity index (χ1) is 13.7. The van der Waals surface area contributed by atoms with Crippen molar-refractivity contribution in [2.45, 2.75) is 39.0 Å². The van der Waals surface area contributed by atoms with Gasteiger partial charge in [0.1, 0.15) is 12.1 Å². The number of aromatic nitrogens is 4. The van der Waals surface area contributed by atoms with Gasteiger partial charge in [-0.15, -0.1) is 0 Å². The van der Waals surface area contributed by atoms with E-state index in [2.05, 4.69) is 50.3 Å². The van der Waals surface area contributed by atoms with Crippen molar-refractivity contribution < 1.29 is 9.53 Å². The van der Waals surface area contributed by atoms with Crippen LogP contribution in [-0.4, -0.2) is 45.2 Å². The highest BCUT2D eigenvalue weighted by molar-refractivity contribution is 5.75. The molecule has 2 aromatic heterocycles. The smallest absolute Gasteiger partial charge is 0.310 e. The van der Waals surface area contributed by atoms with Crippen LogP contribution in [0.3, 0.4) is 0 Å². The van der Waals surface area contributed by atoms with Gasteiger partial charge < -0.3 is 9.64 Å². The first kappa shape index (κ1) is 18.4. The maximum atomic E-state index is 12.2. The number of esters is 1. The Labute approximate surface area is 164 Å². The molecule has 0 unspecified atom stereocenters. The Bertz CT molecular complexity index is 962. The van der Waals surface area contributed by atoms with E-state index >= 15 is 0 Å². The van der Waals surface area contributed by atoms with Crippen LogP contribution in [0.5, 0.6) is 0 Å². The Morgan fingerprint density at radius 3 is 2.68 bits per heavy atom. The SMILES string of the molecule is CCOC(=O)Cc1c(C)nc2ncnn2c1N1CCC(c2ccccc2)CC1. The van der Waals surface area contributed by atoms with Crippen molar-refractivity contribution in [3.8, 4) is 0 Å². The van der Waals surface area contributed by atoms with Gasteiger partial charge in [0.25, 0.3) is 5.78 Å². The van der Waals surface area contributed by atoms with E-state index in [4.69, 9.17) is 4.74 Å². The Morgan fingerprint density at radius 1 is 1.21 bits per heavy atom. The summed E-state index contributed by atoms with van der Waals surface area (Å²) < 4.78 is 6.94. The number of hydrogen-bond acceptors (Lipinski definition) is 6. The lowest BCUT2D eigenvalue weighted by Gasteiger charge is -2.35. The van der Waals surface area contributed by atoms with Crippen LogP contribution in [0.25, 0.3) is 5.78 Å². The summed E-state index contributed by atoms with van der Waals surface area (Å²) in [4.78, 5) is 23.3. The number of carbonyl (C=O) groups is 1.